The summed E-state index contributed by atoms with van der Waals surface area (Å²) in [7, 11) is 1.66. The Kier molecular flexibility index (Phi) is 4.89. The number of carbonyl (C=O) groups excluding carboxylic acids is 1. The van der Waals surface area contributed by atoms with Crippen molar-refractivity contribution < 1.29 is 14.3 Å². The van der Waals surface area contributed by atoms with Crippen LogP contribution in [0.2, 0.25) is 0 Å². The number of likely N-dealkylation sites (tertiary alicyclic amines) is 1. The van der Waals surface area contributed by atoms with Gasteiger partial charge in [0.15, 0.2) is 0 Å². The van der Waals surface area contributed by atoms with Crippen LogP contribution in [0.25, 0.3) is 0 Å². The van der Waals surface area contributed by atoms with Crippen molar-refractivity contribution in [2.75, 3.05) is 13.7 Å². The molecule has 1 aliphatic carbocycles. The maximum absolute atomic E-state index is 12.8. The summed E-state index contributed by atoms with van der Waals surface area (Å²) < 4.78 is 11.0. The molecule has 4 heteroatoms. The predicted octanol–water partition coefficient (Wildman–Crippen LogP) is 4.42. The summed E-state index contributed by atoms with van der Waals surface area (Å²) >= 11 is 0. The second kappa shape index (κ2) is 6.95. The fourth-order valence-electron chi connectivity index (χ4n) is 4.12. The van der Waals surface area contributed by atoms with Crippen molar-refractivity contribution >= 4 is 5.91 Å². The summed E-state index contributed by atoms with van der Waals surface area (Å²) in [5, 5.41) is 0. The fraction of sp³-hybridized carbons (Fsp3) is 0.476. The van der Waals surface area contributed by atoms with Crippen LogP contribution in [0.3, 0.4) is 0 Å². The molecule has 1 fully saturated rings. The van der Waals surface area contributed by atoms with Gasteiger partial charge in [-0.25, -0.2) is 0 Å². The first kappa shape index (κ1) is 17.6. The second-order valence-corrected chi connectivity index (χ2v) is 7.11. The normalized spacial score (nSPS) is 22.8. The Morgan fingerprint density at radius 3 is 2.92 bits per heavy atom. The molecule has 1 atom stereocenters. The molecule has 4 nitrogen and oxygen atoms in total. The smallest absolute Gasteiger partial charge is 0.228 e. The van der Waals surface area contributed by atoms with E-state index < -0.39 is 0 Å². The Labute approximate surface area is 150 Å². The Morgan fingerprint density at radius 1 is 1.40 bits per heavy atom. The lowest BCUT2D eigenvalue weighted by molar-refractivity contribution is -0.127. The SMILES string of the molecule is C=C(OCC)C1=C2N(Cc3cccc(OC)c3)C(=O)CC2(C)CCC1. The van der Waals surface area contributed by atoms with Crippen LogP contribution in [0, 0.1) is 5.41 Å². The van der Waals surface area contributed by atoms with Gasteiger partial charge >= 0.3 is 0 Å². The van der Waals surface area contributed by atoms with Gasteiger partial charge in [-0.15, -0.1) is 0 Å². The third-order valence-corrected chi connectivity index (χ3v) is 5.26. The minimum atomic E-state index is -0.108. The number of nitrogens with zero attached hydrogens (tertiary/aromatic N) is 1. The zero-order chi connectivity index (χ0) is 18.0. The Bertz CT molecular complexity index is 722. The summed E-state index contributed by atoms with van der Waals surface area (Å²) in [6.07, 6.45) is 3.59. The molecule has 1 unspecified atom stereocenters. The highest BCUT2D eigenvalue weighted by Gasteiger charge is 2.47. The predicted molar refractivity (Wildman–Crippen MR) is 97.9 cm³/mol. The van der Waals surface area contributed by atoms with Gasteiger partial charge in [0, 0.05) is 23.1 Å². The van der Waals surface area contributed by atoms with E-state index in [0.29, 0.717) is 25.3 Å². The number of methoxy groups -OCH3 is 1. The van der Waals surface area contributed by atoms with Gasteiger partial charge in [0.1, 0.15) is 11.5 Å². The van der Waals surface area contributed by atoms with Crippen molar-refractivity contribution in [1.29, 1.82) is 0 Å². The van der Waals surface area contributed by atoms with E-state index in [1.54, 1.807) is 7.11 Å². The summed E-state index contributed by atoms with van der Waals surface area (Å²) in [6, 6.07) is 7.90. The van der Waals surface area contributed by atoms with Crippen LogP contribution in [0.4, 0.5) is 0 Å². The average molecular weight is 341 g/mol. The molecule has 25 heavy (non-hydrogen) atoms. The highest BCUT2D eigenvalue weighted by Crippen LogP contribution is 2.51. The lowest BCUT2D eigenvalue weighted by Gasteiger charge is -2.35. The number of rotatable bonds is 6. The minimum Gasteiger partial charge on any atom is -0.497 e. The lowest BCUT2D eigenvalue weighted by atomic mass is 9.74. The van der Waals surface area contributed by atoms with E-state index in [2.05, 4.69) is 13.5 Å². The summed E-state index contributed by atoms with van der Waals surface area (Å²) in [4.78, 5) is 14.8. The lowest BCUT2D eigenvalue weighted by Crippen LogP contribution is -2.29. The number of hydrogen-bond acceptors (Lipinski definition) is 3. The van der Waals surface area contributed by atoms with E-state index in [1.807, 2.05) is 36.1 Å². The molecule has 1 aromatic carbocycles. The van der Waals surface area contributed by atoms with Crippen molar-refractivity contribution in [2.24, 2.45) is 5.41 Å². The van der Waals surface area contributed by atoms with Crippen molar-refractivity contribution in [3.63, 3.8) is 0 Å². The van der Waals surface area contributed by atoms with E-state index in [1.165, 1.54) is 0 Å². The third kappa shape index (κ3) is 3.30. The zero-order valence-corrected chi connectivity index (χ0v) is 15.4. The van der Waals surface area contributed by atoms with E-state index >= 15 is 0 Å². The number of amides is 1. The molecule has 2 aliphatic rings. The molecular formula is C21H27NO3. The number of carbonyl (C=O) groups is 1. The first-order valence-corrected chi connectivity index (χ1v) is 8.97. The number of ether oxygens (including phenoxy) is 2. The summed E-state index contributed by atoms with van der Waals surface area (Å²) in [5.74, 6) is 1.71. The minimum absolute atomic E-state index is 0.108. The maximum Gasteiger partial charge on any atom is 0.228 e. The molecule has 0 radical (unpaired) electrons. The molecule has 0 spiro atoms. The Balaban J connectivity index is 1.99. The Hall–Kier alpha value is -2.23. The van der Waals surface area contributed by atoms with Crippen LogP contribution in [0.1, 0.15) is 45.1 Å². The highest BCUT2D eigenvalue weighted by atomic mass is 16.5. The highest BCUT2D eigenvalue weighted by molar-refractivity contribution is 5.84. The molecule has 0 aromatic heterocycles. The number of allylic oxidation sites excluding steroid dienone is 2. The first-order valence-electron chi connectivity index (χ1n) is 8.97. The van der Waals surface area contributed by atoms with Crippen LogP contribution < -0.4 is 4.74 Å². The van der Waals surface area contributed by atoms with Crippen molar-refractivity contribution in [3.05, 3.63) is 53.4 Å². The van der Waals surface area contributed by atoms with Crippen LogP contribution in [-0.4, -0.2) is 24.5 Å². The van der Waals surface area contributed by atoms with Gasteiger partial charge in [0.2, 0.25) is 5.91 Å². The molecule has 1 amide bonds. The van der Waals surface area contributed by atoms with Crippen molar-refractivity contribution in [3.8, 4) is 5.75 Å². The van der Waals surface area contributed by atoms with E-state index in [9.17, 15) is 4.79 Å². The van der Waals surface area contributed by atoms with E-state index in [4.69, 9.17) is 9.47 Å². The average Bonchev–Trinajstić information content (AvgIpc) is 2.85. The summed E-state index contributed by atoms with van der Waals surface area (Å²) in [6.45, 7) is 9.43. The first-order chi connectivity index (χ1) is 12.0. The number of fused-ring (bicyclic) bond motifs is 1. The topological polar surface area (TPSA) is 38.8 Å². The van der Waals surface area contributed by atoms with Crippen LogP contribution >= 0.6 is 0 Å². The molecule has 1 aromatic rings. The molecule has 0 N–H and O–H groups in total. The van der Waals surface area contributed by atoms with Crippen LogP contribution in [0.5, 0.6) is 5.75 Å². The fourth-order valence-corrected chi connectivity index (χ4v) is 4.12. The van der Waals surface area contributed by atoms with Crippen LogP contribution in [-0.2, 0) is 16.1 Å². The van der Waals surface area contributed by atoms with Gasteiger partial charge in [0.25, 0.3) is 0 Å². The van der Waals surface area contributed by atoms with E-state index in [-0.39, 0.29) is 11.3 Å². The molecule has 0 saturated carbocycles. The molecule has 1 aliphatic heterocycles. The molecule has 1 saturated heterocycles. The molecular weight excluding hydrogens is 314 g/mol. The molecule has 1 heterocycles. The van der Waals surface area contributed by atoms with Crippen molar-refractivity contribution in [2.45, 2.75) is 46.1 Å². The summed E-state index contributed by atoms with van der Waals surface area (Å²) in [5.41, 5.74) is 3.19. The molecule has 0 bridgehead atoms. The van der Waals surface area contributed by atoms with Gasteiger partial charge in [-0.05, 0) is 43.9 Å². The zero-order valence-electron chi connectivity index (χ0n) is 15.4. The Morgan fingerprint density at radius 2 is 2.20 bits per heavy atom. The molecule has 3 rings (SSSR count). The van der Waals surface area contributed by atoms with Gasteiger partial charge < -0.3 is 14.4 Å². The largest absolute Gasteiger partial charge is 0.497 e. The maximum atomic E-state index is 12.8. The second-order valence-electron chi connectivity index (χ2n) is 7.11. The van der Waals surface area contributed by atoms with Gasteiger partial charge in [0.05, 0.1) is 20.3 Å². The number of benzene rings is 1. The quantitative estimate of drug-likeness (QED) is 0.719. The number of hydrogen-bond donors (Lipinski definition) is 0. The molecule has 134 valence electrons. The third-order valence-electron chi connectivity index (χ3n) is 5.26. The van der Waals surface area contributed by atoms with E-state index in [0.717, 1.165) is 41.8 Å². The van der Waals surface area contributed by atoms with Crippen molar-refractivity contribution in [1.82, 2.24) is 4.90 Å². The van der Waals surface area contributed by atoms with Gasteiger partial charge in [-0.1, -0.05) is 25.6 Å². The standard InChI is InChI=1S/C21H27NO3/c1-5-25-15(2)18-10-7-11-21(3)13-19(23)22(20(18)21)14-16-8-6-9-17(12-16)24-4/h6,8-9,12H,2,5,7,10-11,13-14H2,1,3-4H3. The monoisotopic (exact) mass is 341 g/mol. The van der Waals surface area contributed by atoms with Crippen LogP contribution in [0.15, 0.2) is 47.9 Å². The van der Waals surface area contributed by atoms with Gasteiger partial charge in [-0.2, -0.15) is 0 Å². The van der Waals surface area contributed by atoms with Gasteiger partial charge in [-0.3, -0.25) is 4.79 Å².